The van der Waals surface area contributed by atoms with Gasteiger partial charge in [-0.25, -0.2) is 0 Å². The van der Waals surface area contributed by atoms with Crippen molar-refractivity contribution in [2.24, 2.45) is 11.7 Å². The summed E-state index contributed by atoms with van der Waals surface area (Å²) in [6.07, 6.45) is 3.35. The minimum absolute atomic E-state index is 0. The standard InChI is InChI=1S/C19H32N2O3.ClH/c1-6-7-8-11-24-17-10-9-16(12-18(17)23-5)15(4)21-19(22)13(2)14(3)20;/h9-10,12-15H,6-8,11,20H2,1-5H3,(H,21,22);1H. The van der Waals surface area contributed by atoms with Crippen LogP contribution in [0.25, 0.3) is 0 Å². The van der Waals surface area contributed by atoms with Crippen molar-refractivity contribution in [2.75, 3.05) is 13.7 Å². The molecule has 0 fully saturated rings. The first-order chi connectivity index (χ1) is 11.4. The van der Waals surface area contributed by atoms with E-state index in [1.807, 2.05) is 39.0 Å². The third kappa shape index (κ3) is 7.53. The lowest BCUT2D eigenvalue weighted by Crippen LogP contribution is -2.39. The van der Waals surface area contributed by atoms with E-state index in [0.29, 0.717) is 12.4 Å². The summed E-state index contributed by atoms with van der Waals surface area (Å²) >= 11 is 0. The summed E-state index contributed by atoms with van der Waals surface area (Å²) in [5.74, 6) is 1.15. The molecule has 25 heavy (non-hydrogen) atoms. The van der Waals surface area contributed by atoms with Gasteiger partial charge in [0.25, 0.3) is 0 Å². The van der Waals surface area contributed by atoms with Gasteiger partial charge in [-0.2, -0.15) is 0 Å². The molecule has 1 amide bonds. The van der Waals surface area contributed by atoms with Crippen LogP contribution >= 0.6 is 12.4 Å². The van der Waals surface area contributed by atoms with Crippen molar-refractivity contribution in [3.8, 4) is 11.5 Å². The Morgan fingerprint density at radius 3 is 2.44 bits per heavy atom. The number of amides is 1. The lowest BCUT2D eigenvalue weighted by atomic mass is 10.0. The molecule has 1 aromatic carbocycles. The van der Waals surface area contributed by atoms with Crippen molar-refractivity contribution >= 4 is 18.3 Å². The average molecular weight is 373 g/mol. The highest BCUT2D eigenvalue weighted by molar-refractivity contribution is 5.85. The summed E-state index contributed by atoms with van der Waals surface area (Å²) in [7, 11) is 1.62. The number of hydrogen-bond acceptors (Lipinski definition) is 4. The smallest absolute Gasteiger partial charge is 0.224 e. The van der Waals surface area contributed by atoms with E-state index in [4.69, 9.17) is 15.2 Å². The van der Waals surface area contributed by atoms with E-state index in [9.17, 15) is 4.79 Å². The van der Waals surface area contributed by atoms with Crippen LogP contribution < -0.4 is 20.5 Å². The number of nitrogens with two attached hydrogens (primary N) is 1. The monoisotopic (exact) mass is 372 g/mol. The summed E-state index contributed by atoms with van der Waals surface area (Å²) in [4.78, 5) is 12.1. The van der Waals surface area contributed by atoms with Gasteiger partial charge >= 0.3 is 0 Å². The molecular formula is C19H33ClN2O3. The van der Waals surface area contributed by atoms with Gasteiger partial charge < -0.3 is 20.5 Å². The van der Waals surface area contributed by atoms with Crippen LogP contribution in [0.1, 0.15) is 58.6 Å². The van der Waals surface area contributed by atoms with Gasteiger partial charge in [-0.1, -0.05) is 32.8 Å². The average Bonchev–Trinajstić information content (AvgIpc) is 2.57. The molecule has 0 aliphatic carbocycles. The molecule has 0 heterocycles. The maximum Gasteiger partial charge on any atom is 0.224 e. The molecule has 1 aromatic rings. The van der Waals surface area contributed by atoms with Crippen LogP contribution in [0, 0.1) is 5.92 Å². The Balaban J connectivity index is 0.00000576. The molecule has 6 heteroatoms. The second kappa shape index (κ2) is 12.0. The number of methoxy groups -OCH3 is 1. The number of benzene rings is 1. The molecule has 0 aromatic heterocycles. The first-order valence-corrected chi connectivity index (χ1v) is 8.77. The summed E-state index contributed by atoms with van der Waals surface area (Å²) in [5.41, 5.74) is 6.76. The van der Waals surface area contributed by atoms with Crippen LogP contribution in [0.3, 0.4) is 0 Å². The van der Waals surface area contributed by atoms with Crippen LogP contribution in [-0.2, 0) is 4.79 Å². The molecular weight excluding hydrogens is 340 g/mol. The highest BCUT2D eigenvalue weighted by Crippen LogP contribution is 2.30. The van der Waals surface area contributed by atoms with E-state index in [-0.39, 0.29) is 36.3 Å². The Labute approximate surface area is 158 Å². The number of ether oxygens (including phenoxy) is 2. The molecule has 0 saturated carbocycles. The van der Waals surface area contributed by atoms with E-state index >= 15 is 0 Å². The Hall–Kier alpha value is -1.46. The summed E-state index contributed by atoms with van der Waals surface area (Å²) in [6, 6.07) is 5.47. The SMILES string of the molecule is CCCCCOc1ccc(C(C)NC(=O)C(C)C(C)N)cc1OC.Cl. The van der Waals surface area contributed by atoms with Crippen molar-refractivity contribution in [3.05, 3.63) is 23.8 Å². The molecule has 0 aliphatic heterocycles. The van der Waals surface area contributed by atoms with Gasteiger partial charge in [0, 0.05) is 12.0 Å². The number of nitrogens with one attached hydrogen (secondary N) is 1. The number of hydrogen-bond donors (Lipinski definition) is 2. The zero-order valence-electron chi connectivity index (χ0n) is 16.0. The molecule has 0 spiro atoms. The van der Waals surface area contributed by atoms with Crippen LogP contribution in [0.4, 0.5) is 0 Å². The fourth-order valence-electron chi connectivity index (χ4n) is 2.27. The van der Waals surface area contributed by atoms with Crippen molar-refractivity contribution < 1.29 is 14.3 Å². The molecule has 0 aliphatic rings. The Morgan fingerprint density at radius 1 is 1.20 bits per heavy atom. The van der Waals surface area contributed by atoms with E-state index in [0.717, 1.165) is 30.6 Å². The second-order valence-corrected chi connectivity index (χ2v) is 6.34. The van der Waals surface area contributed by atoms with Gasteiger partial charge in [-0.15, -0.1) is 12.4 Å². The van der Waals surface area contributed by atoms with Gasteiger partial charge in [-0.3, -0.25) is 4.79 Å². The number of unbranched alkanes of at least 4 members (excludes halogenated alkanes) is 2. The van der Waals surface area contributed by atoms with Gasteiger partial charge in [0.05, 0.1) is 19.8 Å². The van der Waals surface area contributed by atoms with E-state index in [1.54, 1.807) is 7.11 Å². The molecule has 144 valence electrons. The van der Waals surface area contributed by atoms with Crippen molar-refractivity contribution in [1.82, 2.24) is 5.32 Å². The maximum absolute atomic E-state index is 12.1. The Kier molecular flexibility index (Phi) is 11.3. The highest BCUT2D eigenvalue weighted by Gasteiger charge is 2.20. The van der Waals surface area contributed by atoms with Gasteiger partial charge in [0.1, 0.15) is 0 Å². The second-order valence-electron chi connectivity index (χ2n) is 6.34. The molecule has 3 N–H and O–H groups in total. The first-order valence-electron chi connectivity index (χ1n) is 8.77. The van der Waals surface area contributed by atoms with Crippen LogP contribution in [0.15, 0.2) is 18.2 Å². The number of carbonyl (C=O) groups excluding carboxylic acids is 1. The quantitative estimate of drug-likeness (QED) is 0.612. The fraction of sp³-hybridized carbons (Fsp3) is 0.632. The number of rotatable bonds is 10. The zero-order valence-corrected chi connectivity index (χ0v) is 16.8. The van der Waals surface area contributed by atoms with E-state index < -0.39 is 0 Å². The zero-order chi connectivity index (χ0) is 18.1. The summed E-state index contributed by atoms with van der Waals surface area (Å²) < 4.78 is 11.2. The largest absolute Gasteiger partial charge is 0.493 e. The number of halogens is 1. The predicted octanol–water partition coefficient (Wildman–Crippen LogP) is 3.85. The van der Waals surface area contributed by atoms with Crippen LogP contribution in [0.5, 0.6) is 11.5 Å². The molecule has 3 unspecified atom stereocenters. The fourth-order valence-corrected chi connectivity index (χ4v) is 2.27. The van der Waals surface area contributed by atoms with E-state index in [1.165, 1.54) is 0 Å². The minimum atomic E-state index is -0.226. The lowest BCUT2D eigenvalue weighted by molar-refractivity contribution is -0.125. The van der Waals surface area contributed by atoms with Gasteiger partial charge in [-0.05, 0) is 38.0 Å². The molecule has 1 rings (SSSR count). The van der Waals surface area contributed by atoms with Crippen molar-refractivity contribution in [2.45, 2.75) is 59.0 Å². The Bertz CT molecular complexity index is 523. The lowest BCUT2D eigenvalue weighted by Gasteiger charge is -2.21. The molecule has 0 radical (unpaired) electrons. The predicted molar refractivity (Wildman–Crippen MR) is 105 cm³/mol. The van der Waals surface area contributed by atoms with Gasteiger partial charge in [0.2, 0.25) is 5.91 Å². The minimum Gasteiger partial charge on any atom is -0.493 e. The molecule has 0 saturated heterocycles. The third-order valence-corrected chi connectivity index (χ3v) is 4.25. The van der Waals surface area contributed by atoms with Crippen LogP contribution in [-0.4, -0.2) is 25.7 Å². The van der Waals surface area contributed by atoms with Crippen LogP contribution in [0.2, 0.25) is 0 Å². The van der Waals surface area contributed by atoms with Gasteiger partial charge in [0.15, 0.2) is 11.5 Å². The van der Waals surface area contributed by atoms with E-state index in [2.05, 4.69) is 12.2 Å². The number of carbonyl (C=O) groups is 1. The maximum atomic E-state index is 12.1. The Morgan fingerprint density at radius 2 is 1.88 bits per heavy atom. The summed E-state index contributed by atoms with van der Waals surface area (Å²) in [6.45, 7) is 8.46. The van der Waals surface area contributed by atoms with Crippen molar-refractivity contribution in [3.63, 3.8) is 0 Å². The normalized spacial score (nSPS) is 14.0. The third-order valence-electron chi connectivity index (χ3n) is 4.25. The van der Waals surface area contributed by atoms with Crippen molar-refractivity contribution in [1.29, 1.82) is 0 Å². The highest BCUT2D eigenvalue weighted by atomic mass is 35.5. The molecule has 5 nitrogen and oxygen atoms in total. The first kappa shape index (κ1) is 23.5. The summed E-state index contributed by atoms with van der Waals surface area (Å²) in [5, 5.41) is 2.99. The molecule has 3 atom stereocenters. The topological polar surface area (TPSA) is 73.6 Å². The molecule has 0 bridgehead atoms.